The van der Waals surface area contributed by atoms with Gasteiger partial charge in [-0.1, -0.05) is 18.2 Å². The van der Waals surface area contributed by atoms with Crippen LogP contribution in [0.25, 0.3) is 0 Å². The van der Waals surface area contributed by atoms with Gasteiger partial charge in [0.05, 0.1) is 6.61 Å². The van der Waals surface area contributed by atoms with E-state index >= 15 is 0 Å². The molecule has 0 saturated carbocycles. The predicted molar refractivity (Wildman–Crippen MR) is 78.7 cm³/mol. The molecule has 1 aliphatic rings. The molecule has 1 aliphatic heterocycles. The Morgan fingerprint density at radius 3 is 3.15 bits per heavy atom. The molecule has 1 N–H and O–H groups in total. The fourth-order valence-corrected chi connectivity index (χ4v) is 2.70. The molecule has 0 unspecified atom stereocenters. The summed E-state index contributed by atoms with van der Waals surface area (Å²) in [6, 6.07) is 11.1. The van der Waals surface area contributed by atoms with Crippen LogP contribution in [0.4, 0.5) is 0 Å². The van der Waals surface area contributed by atoms with Gasteiger partial charge in [0.1, 0.15) is 5.75 Å². The lowest BCUT2D eigenvalue weighted by Crippen LogP contribution is -2.34. The topological polar surface area (TPSA) is 39.1 Å². The largest absolute Gasteiger partial charge is 0.493 e. The Kier molecular flexibility index (Phi) is 4.02. The summed E-state index contributed by atoms with van der Waals surface area (Å²) in [7, 11) is 0. The molecule has 0 bridgehead atoms. The van der Waals surface area contributed by atoms with Crippen molar-refractivity contribution in [3.63, 3.8) is 0 Å². The number of ether oxygens (including phenoxy) is 1. The lowest BCUT2D eigenvalue weighted by molar-refractivity contribution is 0.242. The standard InChI is InChI=1S/C16H21N3O/c1-13(7-11-19-10-4-9-17-19)18-15-8-12-20-16-6-3-2-5-14(15)16/h2-6,9-10,13,15,18H,7-8,11-12H2,1H3/t13-,15-/m1/s1. The molecule has 106 valence electrons. The van der Waals surface area contributed by atoms with Crippen LogP contribution in [-0.4, -0.2) is 22.4 Å². The van der Waals surface area contributed by atoms with E-state index in [4.69, 9.17) is 4.74 Å². The number of para-hydroxylation sites is 1. The first-order valence-electron chi connectivity index (χ1n) is 7.28. The first kappa shape index (κ1) is 13.2. The van der Waals surface area contributed by atoms with E-state index in [1.54, 1.807) is 0 Å². The van der Waals surface area contributed by atoms with Gasteiger partial charge in [0.25, 0.3) is 0 Å². The van der Waals surface area contributed by atoms with Crippen LogP contribution < -0.4 is 10.1 Å². The van der Waals surface area contributed by atoms with Crippen LogP contribution in [0.5, 0.6) is 5.75 Å². The molecule has 0 spiro atoms. The van der Waals surface area contributed by atoms with E-state index in [1.165, 1.54) is 5.56 Å². The summed E-state index contributed by atoms with van der Waals surface area (Å²) >= 11 is 0. The van der Waals surface area contributed by atoms with Crippen LogP contribution in [0.1, 0.15) is 31.4 Å². The summed E-state index contributed by atoms with van der Waals surface area (Å²) < 4.78 is 7.68. The third-order valence-electron chi connectivity index (χ3n) is 3.79. The zero-order valence-electron chi connectivity index (χ0n) is 11.8. The molecule has 0 saturated heterocycles. The minimum absolute atomic E-state index is 0.396. The van der Waals surface area contributed by atoms with Gasteiger partial charge >= 0.3 is 0 Å². The third-order valence-corrected chi connectivity index (χ3v) is 3.79. The smallest absolute Gasteiger partial charge is 0.124 e. The van der Waals surface area contributed by atoms with Crippen molar-refractivity contribution in [2.24, 2.45) is 0 Å². The first-order valence-corrected chi connectivity index (χ1v) is 7.28. The molecule has 0 fully saturated rings. The first-order chi connectivity index (χ1) is 9.83. The van der Waals surface area contributed by atoms with Gasteiger partial charge < -0.3 is 10.1 Å². The Bertz CT molecular complexity index is 538. The van der Waals surface area contributed by atoms with Gasteiger partial charge in [-0.15, -0.1) is 0 Å². The number of benzene rings is 1. The zero-order chi connectivity index (χ0) is 13.8. The number of nitrogens with one attached hydrogen (secondary N) is 1. The van der Waals surface area contributed by atoms with Crippen molar-refractivity contribution in [1.29, 1.82) is 0 Å². The van der Waals surface area contributed by atoms with Gasteiger partial charge in [-0.2, -0.15) is 5.10 Å². The number of aryl methyl sites for hydroxylation is 1. The van der Waals surface area contributed by atoms with Crippen LogP contribution in [0.2, 0.25) is 0 Å². The normalized spacial score (nSPS) is 19.1. The van der Waals surface area contributed by atoms with Crippen molar-refractivity contribution in [3.8, 4) is 5.75 Å². The Balaban J connectivity index is 1.58. The number of fused-ring (bicyclic) bond motifs is 1. The summed E-state index contributed by atoms with van der Waals surface area (Å²) in [6.07, 6.45) is 5.94. The minimum atomic E-state index is 0.396. The maximum Gasteiger partial charge on any atom is 0.124 e. The van der Waals surface area contributed by atoms with Crippen molar-refractivity contribution in [3.05, 3.63) is 48.3 Å². The number of aromatic nitrogens is 2. The molecule has 3 rings (SSSR count). The molecule has 4 heteroatoms. The van der Waals surface area contributed by atoms with E-state index in [0.717, 1.165) is 31.7 Å². The van der Waals surface area contributed by atoms with E-state index in [-0.39, 0.29) is 0 Å². The molecule has 1 aromatic carbocycles. The van der Waals surface area contributed by atoms with E-state index in [0.29, 0.717) is 12.1 Å². The number of hydrogen-bond donors (Lipinski definition) is 1. The van der Waals surface area contributed by atoms with Crippen molar-refractivity contribution in [2.45, 2.75) is 38.4 Å². The Morgan fingerprint density at radius 1 is 1.40 bits per heavy atom. The Hall–Kier alpha value is -1.81. The van der Waals surface area contributed by atoms with Gasteiger partial charge in [0.2, 0.25) is 0 Å². The average Bonchev–Trinajstić information content (AvgIpc) is 2.99. The lowest BCUT2D eigenvalue weighted by Gasteiger charge is -2.29. The van der Waals surface area contributed by atoms with Crippen LogP contribution in [0.15, 0.2) is 42.7 Å². The van der Waals surface area contributed by atoms with E-state index in [2.05, 4.69) is 35.5 Å². The second-order valence-electron chi connectivity index (χ2n) is 5.35. The molecule has 0 amide bonds. The second kappa shape index (κ2) is 6.09. The number of nitrogens with zero attached hydrogens (tertiary/aromatic N) is 2. The Morgan fingerprint density at radius 2 is 2.30 bits per heavy atom. The molecule has 1 aromatic heterocycles. The number of hydrogen-bond acceptors (Lipinski definition) is 3. The molecule has 0 aliphatic carbocycles. The van der Waals surface area contributed by atoms with Gasteiger partial charge in [0, 0.05) is 43.0 Å². The molecule has 2 atom stereocenters. The van der Waals surface area contributed by atoms with Crippen LogP contribution in [0, 0.1) is 0 Å². The maximum absolute atomic E-state index is 5.70. The van der Waals surface area contributed by atoms with Crippen LogP contribution in [0.3, 0.4) is 0 Å². The monoisotopic (exact) mass is 271 g/mol. The van der Waals surface area contributed by atoms with E-state index in [1.807, 2.05) is 29.2 Å². The van der Waals surface area contributed by atoms with Crippen molar-refractivity contribution in [1.82, 2.24) is 15.1 Å². The van der Waals surface area contributed by atoms with Gasteiger partial charge in [-0.05, 0) is 25.5 Å². The third kappa shape index (κ3) is 3.02. The summed E-state index contributed by atoms with van der Waals surface area (Å²) in [5, 5.41) is 7.96. The van der Waals surface area contributed by atoms with Gasteiger partial charge in [-0.25, -0.2) is 0 Å². The minimum Gasteiger partial charge on any atom is -0.493 e. The predicted octanol–water partition coefficient (Wildman–Crippen LogP) is 2.78. The summed E-state index contributed by atoms with van der Waals surface area (Å²) in [4.78, 5) is 0. The molecule has 2 heterocycles. The molecule has 2 aromatic rings. The van der Waals surface area contributed by atoms with Crippen molar-refractivity contribution >= 4 is 0 Å². The zero-order valence-corrected chi connectivity index (χ0v) is 11.8. The Labute approximate surface area is 119 Å². The maximum atomic E-state index is 5.70. The lowest BCUT2D eigenvalue weighted by atomic mass is 9.99. The highest BCUT2D eigenvalue weighted by Crippen LogP contribution is 2.31. The highest BCUT2D eigenvalue weighted by Gasteiger charge is 2.21. The average molecular weight is 271 g/mol. The van der Waals surface area contributed by atoms with Crippen molar-refractivity contribution < 1.29 is 4.74 Å². The molecular weight excluding hydrogens is 250 g/mol. The quantitative estimate of drug-likeness (QED) is 0.909. The molecule has 4 nitrogen and oxygen atoms in total. The SMILES string of the molecule is C[C@H](CCn1cccn1)N[C@@H]1CCOc2ccccc21. The van der Waals surface area contributed by atoms with Crippen LogP contribution >= 0.6 is 0 Å². The van der Waals surface area contributed by atoms with Crippen molar-refractivity contribution in [2.75, 3.05) is 6.61 Å². The number of rotatable bonds is 5. The highest BCUT2D eigenvalue weighted by atomic mass is 16.5. The van der Waals surface area contributed by atoms with Gasteiger partial charge in [0.15, 0.2) is 0 Å². The fourth-order valence-electron chi connectivity index (χ4n) is 2.70. The fraction of sp³-hybridized carbons (Fsp3) is 0.438. The molecule has 20 heavy (non-hydrogen) atoms. The summed E-state index contributed by atoms with van der Waals surface area (Å²) in [6.45, 7) is 3.98. The summed E-state index contributed by atoms with van der Waals surface area (Å²) in [5.41, 5.74) is 1.28. The molecule has 0 radical (unpaired) electrons. The molecular formula is C16H21N3O. The van der Waals surface area contributed by atoms with Gasteiger partial charge in [-0.3, -0.25) is 4.68 Å². The van der Waals surface area contributed by atoms with Crippen LogP contribution in [-0.2, 0) is 6.54 Å². The van der Waals surface area contributed by atoms with E-state index < -0.39 is 0 Å². The van der Waals surface area contributed by atoms with E-state index in [9.17, 15) is 0 Å². The highest BCUT2D eigenvalue weighted by molar-refractivity contribution is 5.37. The summed E-state index contributed by atoms with van der Waals surface area (Å²) in [5.74, 6) is 1.02. The second-order valence-corrected chi connectivity index (χ2v) is 5.35.